The summed E-state index contributed by atoms with van der Waals surface area (Å²) in [7, 11) is -3.56. The first-order chi connectivity index (χ1) is 13.0. The lowest BCUT2D eigenvalue weighted by Crippen LogP contribution is -2.48. The van der Waals surface area contributed by atoms with Crippen molar-refractivity contribution in [2.75, 3.05) is 31.1 Å². The number of anilines is 1. The van der Waals surface area contributed by atoms with Crippen molar-refractivity contribution >= 4 is 48.3 Å². The van der Waals surface area contributed by atoms with E-state index in [9.17, 15) is 8.42 Å². The Morgan fingerprint density at radius 1 is 1.07 bits per heavy atom. The third-order valence-corrected chi connectivity index (χ3v) is 7.70. The topological polar surface area (TPSA) is 77.3 Å². The van der Waals surface area contributed by atoms with Gasteiger partial charge in [-0.1, -0.05) is 22.9 Å². The third-order valence-electron chi connectivity index (χ3n) is 4.47. The van der Waals surface area contributed by atoms with E-state index in [-0.39, 0.29) is 4.90 Å². The standard InChI is InChI=1S/C18H15ClN4O2S2/c19-14-3-6-16-17(11-14)26-18(21-16)22-7-9-23(10-8-22)27(24,25)15-4-1-13(12-20)2-5-15/h1-6,11H,7-10H2. The normalized spacial score (nSPS) is 15.8. The van der Waals surface area contributed by atoms with E-state index in [4.69, 9.17) is 16.9 Å². The van der Waals surface area contributed by atoms with Crippen LogP contribution in [0.25, 0.3) is 10.2 Å². The number of thiazole rings is 1. The lowest BCUT2D eigenvalue weighted by molar-refractivity contribution is 0.385. The van der Waals surface area contributed by atoms with E-state index in [1.165, 1.54) is 28.6 Å². The average molecular weight is 419 g/mol. The van der Waals surface area contributed by atoms with Crippen molar-refractivity contribution < 1.29 is 8.42 Å². The molecule has 0 saturated carbocycles. The van der Waals surface area contributed by atoms with E-state index in [0.717, 1.165) is 15.3 Å². The second-order valence-electron chi connectivity index (χ2n) is 6.14. The molecule has 1 fully saturated rings. The molecule has 1 aromatic heterocycles. The fourth-order valence-corrected chi connectivity index (χ4v) is 5.71. The number of rotatable bonds is 3. The van der Waals surface area contributed by atoms with Crippen LogP contribution in [0.2, 0.25) is 5.02 Å². The van der Waals surface area contributed by atoms with Crippen LogP contribution in [-0.2, 0) is 10.0 Å². The zero-order valence-electron chi connectivity index (χ0n) is 14.2. The van der Waals surface area contributed by atoms with Crippen LogP contribution in [0.4, 0.5) is 5.13 Å². The number of nitriles is 1. The molecule has 3 aromatic rings. The van der Waals surface area contributed by atoms with Crippen molar-refractivity contribution in [2.45, 2.75) is 4.90 Å². The number of hydrogen-bond acceptors (Lipinski definition) is 6. The van der Waals surface area contributed by atoms with Gasteiger partial charge in [0.05, 0.1) is 26.7 Å². The molecule has 6 nitrogen and oxygen atoms in total. The molecule has 1 aliphatic heterocycles. The maximum Gasteiger partial charge on any atom is 0.243 e. The van der Waals surface area contributed by atoms with Crippen LogP contribution >= 0.6 is 22.9 Å². The Hall–Kier alpha value is -2.18. The Balaban J connectivity index is 1.49. The Morgan fingerprint density at radius 2 is 1.78 bits per heavy atom. The van der Waals surface area contributed by atoms with Gasteiger partial charge in [-0.25, -0.2) is 13.4 Å². The molecule has 27 heavy (non-hydrogen) atoms. The van der Waals surface area contributed by atoms with Gasteiger partial charge < -0.3 is 4.90 Å². The molecule has 2 heterocycles. The molecule has 0 aliphatic carbocycles. The van der Waals surface area contributed by atoms with E-state index in [1.807, 2.05) is 24.3 Å². The minimum atomic E-state index is -3.56. The number of sulfonamides is 1. The molecule has 0 bridgehead atoms. The van der Waals surface area contributed by atoms with E-state index in [2.05, 4.69) is 9.88 Å². The van der Waals surface area contributed by atoms with Gasteiger partial charge in [0.1, 0.15) is 0 Å². The molecule has 0 radical (unpaired) electrons. The third kappa shape index (κ3) is 3.51. The van der Waals surface area contributed by atoms with Gasteiger partial charge in [-0.3, -0.25) is 0 Å². The Morgan fingerprint density at radius 3 is 2.44 bits per heavy atom. The lowest BCUT2D eigenvalue weighted by Gasteiger charge is -2.33. The molecule has 2 aromatic carbocycles. The molecule has 0 atom stereocenters. The highest BCUT2D eigenvalue weighted by molar-refractivity contribution is 7.89. The van der Waals surface area contributed by atoms with Crippen molar-refractivity contribution in [3.05, 3.63) is 53.1 Å². The second kappa shape index (κ2) is 7.09. The summed E-state index contributed by atoms with van der Waals surface area (Å²) in [5, 5.41) is 10.4. The maximum atomic E-state index is 12.8. The Labute approximate surface area is 166 Å². The fourth-order valence-electron chi connectivity index (χ4n) is 2.99. The van der Waals surface area contributed by atoms with Crippen molar-refractivity contribution in [1.29, 1.82) is 5.26 Å². The van der Waals surface area contributed by atoms with Crippen LogP contribution < -0.4 is 4.90 Å². The van der Waals surface area contributed by atoms with Gasteiger partial charge in [-0.15, -0.1) is 0 Å². The van der Waals surface area contributed by atoms with Crippen molar-refractivity contribution in [3.63, 3.8) is 0 Å². The van der Waals surface area contributed by atoms with Crippen LogP contribution in [0.1, 0.15) is 5.56 Å². The van der Waals surface area contributed by atoms with E-state index >= 15 is 0 Å². The largest absolute Gasteiger partial charge is 0.345 e. The van der Waals surface area contributed by atoms with Crippen LogP contribution in [0.3, 0.4) is 0 Å². The van der Waals surface area contributed by atoms with E-state index in [1.54, 1.807) is 11.3 Å². The minimum absolute atomic E-state index is 0.213. The smallest absolute Gasteiger partial charge is 0.243 e. The molecule has 4 rings (SSSR count). The predicted octanol–water partition coefficient (Wildman–Crippen LogP) is 3.33. The molecule has 9 heteroatoms. The summed E-state index contributed by atoms with van der Waals surface area (Å²) in [6, 6.07) is 13.6. The highest BCUT2D eigenvalue weighted by Gasteiger charge is 2.29. The van der Waals surface area contributed by atoms with Gasteiger partial charge in [0.2, 0.25) is 10.0 Å². The summed E-state index contributed by atoms with van der Waals surface area (Å²) >= 11 is 7.59. The lowest BCUT2D eigenvalue weighted by atomic mass is 10.2. The first-order valence-corrected chi connectivity index (χ1v) is 10.9. The number of hydrogen-bond donors (Lipinski definition) is 0. The van der Waals surface area contributed by atoms with Crippen LogP contribution in [0, 0.1) is 11.3 Å². The van der Waals surface area contributed by atoms with Gasteiger partial charge >= 0.3 is 0 Å². The first-order valence-electron chi connectivity index (χ1n) is 8.29. The second-order valence-corrected chi connectivity index (χ2v) is 9.52. The quantitative estimate of drug-likeness (QED) is 0.652. The highest BCUT2D eigenvalue weighted by Crippen LogP contribution is 2.31. The molecule has 0 spiro atoms. The Bertz CT molecular complexity index is 1130. The van der Waals surface area contributed by atoms with Crippen molar-refractivity contribution in [3.8, 4) is 6.07 Å². The molecule has 0 unspecified atom stereocenters. The van der Waals surface area contributed by atoms with Gasteiger partial charge in [-0.2, -0.15) is 9.57 Å². The molecule has 1 aliphatic rings. The summed E-state index contributed by atoms with van der Waals surface area (Å²) in [6.07, 6.45) is 0. The molecule has 1 saturated heterocycles. The minimum Gasteiger partial charge on any atom is -0.345 e. The summed E-state index contributed by atoms with van der Waals surface area (Å²) < 4.78 is 28.1. The number of nitrogens with zero attached hydrogens (tertiary/aromatic N) is 4. The monoisotopic (exact) mass is 418 g/mol. The number of aromatic nitrogens is 1. The molecular formula is C18H15ClN4O2S2. The Kier molecular flexibility index (Phi) is 4.78. The predicted molar refractivity (Wildman–Crippen MR) is 107 cm³/mol. The fraction of sp³-hybridized carbons (Fsp3) is 0.222. The van der Waals surface area contributed by atoms with Gasteiger partial charge in [-0.05, 0) is 42.5 Å². The molecular weight excluding hydrogens is 404 g/mol. The number of benzene rings is 2. The van der Waals surface area contributed by atoms with Crippen molar-refractivity contribution in [1.82, 2.24) is 9.29 Å². The average Bonchev–Trinajstić information content (AvgIpc) is 3.11. The number of fused-ring (bicyclic) bond motifs is 1. The summed E-state index contributed by atoms with van der Waals surface area (Å²) in [5.41, 5.74) is 1.33. The van der Waals surface area contributed by atoms with Gasteiger partial charge in [0.25, 0.3) is 0 Å². The molecule has 138 valence electrons. The zero-order chi connectivity index (χ0) is 19.0. The molecule has 0 N–H and O–H groups in total. The van der Waals surface area contributed by atoms with Gasteiger partial charge in [0, 0.05) is 31.2 Å². The highest BCUT2D eigenvalue weighted by atomic mass is 35.5. The zero-order valence-corrected chi connectivity index (χ0v) is 16.6. The van der Waals surface area contributed by atoms with E-state index in [0.29, 0.717) is 36.8 Å². The maximum absolute atomic E-state index is 12.8. The van der Waals surface area contributed by atoms with Gasteiger partial charge in [0.15, 0.2) is 5.13 Å². The van der Waals surface area contributed by atoms with Crippen LogP contribution in [0.5, 0.6) is 0 Å². The summed E-state index contributed by atoms with van der Waals surface area (Å²) in [4.78, 5) is 6.94. The number of piperazine rings is 1. The SMILES string of the molecule is N#Cc1ccc(S(=O)(=O)N2CCN(c3nc4ccc(Cl)cc4s3)CC2)cc1. The number of halogens is 1. The first kappa shape index (κ1) is 18.2. The van der Waals surface area contributed by atoms with Crippen LogP contribution in [-0.4, -0.2) is 43.9 Å². The van der Waals surface area contributed by atoms with E-state index < -0.39 is 10.0 Å². The summed E-state index contributed by atoms with van der Waals surface area (Å²) in [5.74, 6) is 0. The van der Waals surface area contributed by atoms with Crippen molar-refractivity contribution in [2.24, 2.45) is 0 Å². The summed E-state index contributed by atoms with van der Waals surface area (Å²) in [6.45, 7) is 1.92. The van der Waals surface area contributed by atoms with Crippen LogP contribution in [0.15, 0.2) is 47.4 Å². The molecule has 0 amide bonds.